The number of aliphatic hydroxyl groups excluding tert-OH is 1. The Kier molecular flexibility index (Phi) is 5.32. The number of likely N-dealkylation sites (N-methyl/N-ethyl adjacent to an activating group) is 1. The lowest BCUT2D eigenvalue weighted by Crippen LogP contribution is -2.51. The van der Waals surface area contributed by atoms with Crippen LogP contribution in [0.4, 0.5) is 0 Å². The predicted molar refractivity (Wildman–Crippen MR) is 62.4 cm³/mol. The number of nitrogens with zero attached hydrogens (tertiary/aromatic N) is 1. The minimum Gasteiger partial charge on any atom is -0.394 e. The summed E-state index contributed by atoms with van der Waals surface area (Å²) in [5.41, 5.74) is 5.26. The van der Waals surface area contributed by atoms with Crippen molar-refractivity contribution in [1.82, 2.24) is 4.90 Å². The molecule has 1 rings (SSSR count). The van der Waals surface area contributed by atoms with Crippen LogP contribution in [0.2, 0.25) is 0 Å². The Morgan fingerprint density at radius 2 is 2.35 bits per heavy atom. The van der Waals surface area contributed by atoms with Gasteiger partial charge >= 0.3 is 0 Å². The van der Waals surface area contributed by atoms with E-state index in [0.29, 0.717) is 33.0 Å². The second-order valence-corrected chi connectivity index (χ2v) is 4.60. The fraction of sp³-hybridized carbons (Fsp3) is 0.909. The van der Waals surface area contributed by atoms with Gasteiger partial charge in [0.25, 0.3) is 0 Å². The molecule has 6 heteroatoms. The lowest BCUT2D eigenvalue weighted by Gasteiger charge is -2.30. The Hall–Kier alpha value is -0.690. The van der Waals surface area contributed by atoms with Crippen LogP contribution in [-0.2, 0) is 14.3 Å². The number of rotatable bonds is 6. The van der Waals surface area contributed by atoms with Gasteiger partial charge in [-0.2, -0.15) is 0 Å². The predicted octanol–water partition coefficient (Wildman–Crippen LogP) is -1.18. The van der Waals surface area contributed by atoms with Crippen molar-refractivity contribution in [3.63, 3.8) is 0 Å². The lowest BCUT2D eigenvalue weighted by molar-refractivity contribution is -0.141. The van der Waals surface area contributed by atoms with Gasteiger partial charge in [-0.15, -0.1) is 0 Å². The molecule has 0 aliphatic carbocycles. The van der Waals surface area contributed by atoms with E-state index in [1.807, 2.05) is 6.92 Å². The quantitative estimate of drug-likeness (QED) is 0.576. The van der Waals surface area contributed by atoms with Gasteiger partial charge in [0, 0.05) is 19.6 Å². The molecule has 0 aromatic rings. The first-order valence-corrected chi connectivity index (χ1v) is 5.80. The Bertz CT molecular complexity index is 262. The zero-order chi connectivity index (χ0) is 12.9. The summed E-state index contributed by atoms with van der Waals surface area (Å²) in [6, 6.07) is -0.254. The van der Waals surface area contributed by atoms with E-state index in [-0.39, 0.29) is 18.6 Å². The Labute approximate surface area is 102 Å². The molecule has 2 unspecified atom stereocenters. The molecule has 1 heterocycles. The minimum atomic E-state index is -0.633. The number of amides is 1. The van der Waals surface area contributed by atoms with Crippen LogP contribution in [0.1, 0.15) is 6.92 Å². The zero-order valence-corrected chi connectivity index (χ0v) is 10.5. The van der Waals surface area contributed by atoms with Crippen molar-refractivity contribution in [2.45, 2.75) is 13.0 Å². The van der Waals surface area contributed by atoms with Gasteiger partial charge in [-0.3, -0.25) is 4.79 Å². The Morgan fingerprint density at radius 1 is 1.65 bits per heavy atom. The number of nitrogens with two attached hydrogens (primary N) is 1. The van der Waals surface area contributed by atoms with Crippen molar-refractivity contribution in [2.24, 2.45) is 11.1 Å². The van der Waals surface area contributed by atoms with Gasteiger partial charge in [0.05, 0.1) is 38.4 Å². The third-order valence-electron chi connectivity index (χ3n) is 3.16. The van der Waals surface area contributed by atoms with Gasteiger partial charge in [0.15, 0.2) is 0 Å². The van der Waals surface area contributed by atoms with Crippen LogP contribution >= 0.6 is 0 Å². The van der Waals surface area contributed by atoms with E-state index in [4.69, 9.17) is 20.3 Å². The highest BCUT2D eigenvalue weighted by atomic mass is 16.5. The molecule has 100 valence electrons. The molecule has 1 saturated heterocycles. The van der Waals surface area contributed by atoms with Gasteiger partial charge in [0.2, 0.25) is 5.91 Å². The summed E-state index contributed by atoms with van der Waals surface area (Å²) in [6.07, 6.45) is 0. The maximum Gasteiger partial charge on any atom is 0.232 e. The van der Waals surface area contributed by atoms with Gasteiger partial charge in [0.1, 0.15) is 0 Å². The van der Waals surface area contributed by atoms with Crippen LogP contribution < -0.4 is 5.73 Å². The molecule has 1 fully saturated rings. The normalized spacial score (nSPS) is 28.4. The minimum absolute atomic E-state index is 0.00586. The molecule has 1 amide bonds. The number of aliphatic hydroxyl groups is 1. The van der Waals surface area contributed by atoms with Gasteiger partial charge < -0.3 is 25.2 Å². The van der Waals surface area contributed by atoms with Gasteiger partial charge in [-0.25, -0.2) is 0 Å². The highest BCUT2D eigenvalue weighted by Crippen LogP contribution is 2.28. The maximum atomic E-state index is 12.2. The number of hydrogen-bond acceptors (Lipinski definition) is 5. The van der Waals surface area contributed by atoms with E-state index >= 15 is 0 Å². The molecule has 3 N–H and O–H groups in total. The van der Waals surface area contributed by atoms with E-state index < -0.39 is 5.41 Å². The molecule has 0 bridgehead atoms. The molecule has 0 saturated carbocycles. The summed E-state index contributed by atoms with van der Waals surface area (Å²) < 4.78 is 10.4. The summed E-state index contributed by atoms with van der Waals surface area (Å²) in [5.74, 6) is -0.0184. The molecule has 1 aliphatic heterocycles. The fourth-order valence-electron chi connectivity index (χ4n) is 1.81. The van der Waals surface area contributed by atoms with Crippen molar-refractivity contribution in [3.05, 3.63) is 0 Å². The van der Waals surface area contributed by atoms with Crippen molar-refractivity contribution >= 4 is 5.91 Å². The zero-order valence-electron chi connectivity index (χ0n) is 10.5. The molecule has 17 heavy (non-hydrogen) atoms. The smallest absolute Gasteiger partial charge is 0.232 e. The number of carbonyl (C=O) groups excluding carboxylic acids is 1. The monoisotopic (exact) mass is 246 g/mol. The van der Waals surface area contributed by atoms with Crippen LogP contribution in [0.3, 0.4) is 0 Å². The molecule has 1 aliphatic rings. The topological polar surface area (TPSA) is 85.0 Å². The van der Waals surface area contributed by atoms with E-state index in [1.165, 1.54) is 0 Å². The molecule has 0 spiro atoms. The Morgan fingerprint density at radius 3 is 2.88 bits per heavy atom. The van der Waals surface area contributed by atoms with Gasteiger partial charge in [-0.1, -0.05) is 0 Å². The fourth-order valence-corrected chi connectivity index (χ4v) is 1.81. The SMILES string of the molecule is CN(CCOCCO)C(=O)C1(C)COCC1N. The average Bonchev–Trinajstić information content (AvgIpc) is 2.65. The first-order valence-electron chi connectivity index (χ1n) is 5.80. The maximum absolute atomic E-state index is 12.2. The van der Waals surface area contributed by atoms with Crippen molar-refractivity contribution in [2.75, 3.05) is 46.6 Å². The second kappa shape index (κ2) is 6.30. The summed E-state index contributed by atoms with van der Waals surface area (Å²) >= 11 is 0. The number of ether oxygens (including phenoxy) is 2. The molecule has 0 radical (unpaired) electrons. The van der Waals surface area contributed by atoms with Crippen LogP contribution in [0, 0.1) is 5.41 Å². The van der Waals surface area contributed by atoms with Crippen molar-refractivity contribution in [1.29, 1.82) is 0 Å². The molecular weight excluding hydrogens is 224 g/mol. The third kappa shape index (κ3) is 3.38. The summed E-state index contributed by atoms with van der Waals surface area (Å²) in [6.45, 7) is 3.82. The molecule has 6 nitrogen and oxygen atoms in total. The number of carbonyl (C=O) groups is 1. The Balaban J connectivity index is 2.40. The van der Waals surface area contributed by atoms with Gasteiger partial charge in [-0.05, 0) is 6.92 Å². The van der Waals surface area contributed by atoms with E-state index in [1.54, 1.807) is 11.9 Å². The van der Waals surface area contributed by atoms with E-state index in [0.717, 1.165) is 0 Å². The first kappa shape index (κ1) is 14.4. The lowest BCUT2D eigenvalue weighted by atomic mass is 9.84. The van der Waals surface area contributed by atoms with Crippen LogP contribution in [0.5, 0.6) is 0 Å². The van der Waals surface area contributed by atoms with E-state index in [9.17, 15) is 4.79 Å². The highest BCUT2D eigenvalue weighted by Gasteiger charge is 2.45. The number of hydrogen-bond donors (Lipinski definition) is 2. The molecular formula is C11H22N2O4. The van der Waals surface area contributed by atoms with E-state index in [2.05, 4.69) is 0 Å². The van der Waals surface area contributed by atoms with Crippen LogP contribution in [0.25, 0.3) is 0 Å². The third-order valence-corrected chi connectivity index (χ3v) is 3.16. The standard InChI is InChI=1S/C11H22N2O4/c1-11(8-17-7-9(11)12)10(15)13(2)3-5-16-6-4-14/h9,14H,3-8,12H2,1-2H3. The molecule has 0 aromatic heterocycles. The van der Waals surface area contributed by atoms with Crippen molar-refractivity contribution < 1.29 is 19.4 Å². The van der Waals surface area contributed by atoms with Crippen LogP contribution in [-0.4, -0.2) is 68.6 Å². The molecule has 2 atom stereocenters. The van der Waals surface area contributed by atoms with Crippen molar-refractivity contribution in [3.8, 4) is 0 Å². The molecule has 0 aromatic carbocycles. The summed E-state index contributed by atoms with van der Waals surface area (Å²) in [4.78, 5) is 13.8. The summed E-state index contributed by atoms with van der Waals surface area (Å²) in [5, 5.41) is 8.55. The average molecular weight is 246 g/mol. The second-order valence-electron chi connectivity index (χ2n) is 4.60. The summed E-state index contributed by atoms with van der Waals surface area (Å²) in [7, 11) is 1.72. The highest BCUT2D eigenvalue weighted by molar-refractivity contribution is 5.83. The first-order chi connectivity index (χ1) is 8.02. The van der Waals surface area contributed by atoms with Crippen LogP contribution in [0.15, 0.2) is 0 Å². The largest absolute Gasteiger partial charge is 0.394 e.